The van der Waals surface area contributed by atoms with E-state index in [2.05, 4.69) is 15.3 Å². The molecular formula is C11H13N3O4. The van der Waals surface area contributed by atoms with Crippen LogP contribution in [0.1, 0.15) is 12.5 Å². The quantitative estimate of drug-likeness (QED) is 0.695. The fraction of sp³-hybridized carbons (Fsp3) is 0.273. The Morgan fingerprint density at radius 2 is 2.11 bits per heavy atom. The van der Waals surface area contributed by atoms with E-state index in [0.29, 0.717) is 12.2 Å². The summed E-state index contributed by atoms with van der Waals surface area (Å²) in [6.45, 7) is 1.89. The van der Waals surface area contributed by atoms with Gasteiger partial charge in [0.2, 0.25) is 5.91 Å². The lowest BCUT2D eigenvalue weighted by Crippen LogP contribution is -2.27. The van der Waals surface area contributed by atoms with Crippen molar-refractivity contribution in [3.8, 4) is 6.01 Å². The van der Waals surface area contributed by atoms with E-state index in [4.69, 9.17) is 9.84 Å². The van der Waals surface area contributed by atoms with Crippen molar-refractivity contribution in [2.24, 2.45) is 0 Å². The van der Waals surface area contributed by atoms with Crippen LogP contribution in [0.15, 0.2) is 18.5 Å². The summed E-state index contributed by atoms with van der Waals surface area (Å²) in [5.74, 6) is -1.59. The van der Waals surface area contributed by atoms with Crippen LogP contribution in [0, 0.1) is 0 Å². The molecule has 0 aromatic carbocycles. The zero-order valence-corrected chi connectivity index (χ0v) is 9.79. The van der Waals surface area contributed by atoms with Crippen LogP contribution in [0.3, 0.4) is 0 Å². The number of carbonyl (C=O) groups is 2. The maximum atomic E-state index is 11.2. The normalized spacial score (nSPS) is 10.3. The molecule has 0 aliphatic heterocycles. The Morgan fingerprint density at radius 1 is 1.44 bits per heavy atom. The topological polar surface area (TPSA) is 101 Å². The van der Waals surface area contributed by atoms with Crippen molar-refractivity contribution >= 4 is 18.0 Å². The number of hydrogen-bond acceptors (Lipinski definition) is 5. The van der Waals surface area contributed by atoms with Gasteiger partial charge in [0.1, 0.15) is 6.54 Å². The molecule has 0 fully saturated rings. The van der Waals surface area contributed by atoms with E-state index in [-0.39, 0.29) is 6.01 Å². The summed E-state index contributed by atoms with van der Waals surface area (Å²) in [5.41, 5.74) is 0.615. The number of hydrogen-bond donors (Lipinski definition) is 2. The van der Waals surface area contributed by atoms with E-state index in [1.807, 2.05) is 6.92 Å². The predicted molar refractivity (Wildman–Crippen MR) is 62.9 cm³/mol. The van der Waals surface area contributed by atoms with Gasteiger partial charge in [-0.1, -0.05) is 0 Å². The Balaban J connectivity index is 2.50. The van der Waals surface area contributed by atoms with Gasteiger partial charge in [-0.15, -0.1) is 0 Å². The predicted octanol–water partition coefficient (Wildman–Crippen LogP) is 0.0893. The molecule has 1 aromatic heterocycles. The first kappa shape index (κ1) is 13.6. The Morgan fingerprint density at radius 3 is 2.67 bits per heavy atom. The minimum Gasteiger partial charge on any atom is -0.480 e. The highest BCUT2D eigenvalue weighted by atomic mass is 16.5. The molecule has 0 bridgehead atoms. The van der Waals surface area contributed by atoms with Crippen LogP contribution in [0.2, 0.25) is 0 Å². The second kappa shape index (κ2) is 7.00. The zero-order valence-electron chi connectivity index (χ0n) is 9.79. The Bertz CT molecular complexity index is 442. The molecule has 96 valence electrons. The van der Waals surface area contributed by atoms with Crippen molar-refractivity contribution in [1.29, 1.82) is 0 Å². The summed E-state index contributed by atoms with van der Waals surface area (Å²) < 4.78 is 5.06. The Kier molecular flexibility index (Phi) is 5.30. The number of carbonyl (C=O) groups excluding carboxylic acids is 1. The molecule has 1 heterocycles. The van der Waals surface area contributed by atoms with Gasteiger partial charge in [0.05, 0.1) is 6.61 Å². The summed E-state index contributed by atoms with van der Waals surface area (Å²) in [4.78, 5) is 29.2. The average molecular weight is 251 g/mol. The van der Waals surface area contributed by atoms with Crippen molar-refractivity contribution < 1.29 is 19.4 Å². The minimum absolute atomic E-state index is 0.268. The van der Waals surface area contributed by atoms with E-state index in [1.54, 1.807) is 0 Å². The summed E-state index contributed by atoms with van der Waals surface area (Å²) in [6.07, 6.45) is 5.69. The summed E-state index contributed by atoms with van der Waals surface area (Å²) in [6, 6.07) is 0.268. The maximum Gasteiger partial charge on any atom is 0.322 e. The van der Waals surface area contributed by atoms with E-state index >= 15 is 0 Å². The monoisotopic (exact) mass is 251 g/mol. The van der Waals surface area contributed by atoms with Crippen molar-refractivity contribution in [3.63, 3.8) is 0 Å². The standard InChI is InChI=1S/C11H13N3O4/c1-2-18-11-13-5-8(6-14-11)3-4-9(15)12-7-10(16)17/h3-6H,2,7H2,1H3,(H,12,15)(H,16,17)/b4-3+. The van der Waals surface area contributed by atoms with Crippen molar-refractivity contribution in [3.05, 3.63) is 24.0 Å². The highest BCUT2D eigenvalue weighted by Gasteiger charge is 2.00. The van der Waals surface area contributed by atoms with E-state index in [0.717, 1.165) is 0 Å². The van der Waals surface area contributed by atoms with Crippen molar-refractivity contribution in [2.45, 2.75) is 6.92 Å². The first-order valence-electron chi connectivity index (χ1n) is 5.24. The fourth-order valence-electron chi connectivity index (χ4n) is 1.01. The fourth-order valence-corrected chi connectivity index (χ4v) is 1.01. The molecule has 0 aliphatic rings. The average Bonchev–Trinajstić information content (AvgIpc) is 2.36. The van der Waals surface area contributed by atoms with Crippen LogP contribution in [0.5, 0.6) is 6.01 Å². The molecule has 1 rings (SSSR count). The largest absolute Gasteiger partial charge is 0.480 e. The molecule has 2 N–H and O–H groups in total. The number of aromatic nitrogens is 2. The van der Waals surface area contributed by atoms with Crippen LogP contribution >= 0.6 is 0 Å². The number of carboxylic acid groups (broad SMARTS) is 1. The third-order valence-corrected chi connectivity index (χ3v) is 1.76. The molecule has 7 heteroatoms. The summed E-state index contributed by atoms with van der Waals surface area (Å²) in [7, 11) is 0. The van der Waals surface area contributed by atoms with E-state index < -0.39 is 18.4 Å². The van der Waals surface area contributed by atoms with Gasteiger partial charge < -0.3 is 15.2 Å². The van der Waals surface area contributed by atoms with Crippen LogP contribution in [0.25, 0.3) is 6.08 Å². The van der Waals surface area contributed by atoms with Crippen LogP contribution in [-0.4, -0.2) is 40.1 Å². The minimum atomic E-state index is -1.10. The lowest BCUT2D eigenvalue weighted by Gasteiger charge is -1.99. The molecule has 0 radical (unpaired) electrons. The zero-order chi connectivity index (χ0) is 13.4. The smallest absolute Gasteiger partial charge is 0.322 e. The van der Waals surface area contributed by atoms with Crippen LogP contribution in [0.4, 0.5) is 0 Å². The van der Waals surface area contributed by atoms with E-state index in [1.165, 1.54) is 24.5 Å². The number of aliphatic carboxylic acids is 1. The van der Waals surface area contributed by atoms with Crippen LogP contribution in [-0.2, 0) is 9.59 Å². The molecule has 0 spiro atoms. The Labute approximate surface area is 104 Å². The molecule has 0 saturated heterocycles. The molecule has 1 amide bonds. The summed E-state index contributed by atoms with van der Waals surface area (Å²) in [5, 5.41) is 10.5. The van der Waals surface area contributed by atoms with Crippen molar-refractivity contribution in [1.82, 2.24) is 15.3 Å². The third kappa shape index (κ3) is 5.06. The number of nitrogens with zero attached hydrogens (tertiary/aromatic N) is 2. The van der Waals surface area contributed by atoms with Gasteiger partial charge in [0.15, 0.2) is 0 Å². The first-order chi connectivity index (χ1) is 8.61. The maximum absolute atomic E-state index is 11.2. The van der Waals surface area contributed by atoms with Gasteiger partial charge in [0.25, 0.3) is 0 Å². The number of rotatable bonds is 6. The number of nitrogens with one attached hydrogen (secondary N) is 1. The molecule has 0 saturated carbocycles. The number of amides is 1. The molecule has 18 heavy (non-hydrogen) atoms. The molecule has 0 atom stereocenters. The molecule has 0 aliphatic carbocycles. The highest BCUT2D eigenvalue weighted by molar-refractivity contribution is 5.93. The first-order valence-corrected chi connectivity index (χ1v) is 5.24. The van der Waals surface area contributed by atoms with Gasteiger partial charge in [-0.25, -0.2) is 9.97 Å². The number of ether oxygens (including phenoxy) is 1. The number of carboxylic acids is 1. The lowest BCUT2D eigenvalue weighted by atomic mass is 10.3. The molecule has 1 aromatic rings. The van der Waals surface area contributed by atoms with Gasteiger partial charge in [-0.3, -0.25) is 9.59 Å². The lowest BCUT2D eigenvalue weighted by molar-refractivity contribution is -0.137. The summed E-state index contributed by atoms with van der Waals surface area (Å²) >= 11 is 0. The van der Waals surface area contributed by atoms with Gasteiger partial charge in [-0.2, -0.15) is 0 Å². The van der Waals surface area contributed by atoms with Crippen LogP contribution < -0.4 is 10.1 Å². The SMILES string of the molecule is CCOc1ncc(/C=C/C(=O)NCC(=O)O)cn1. The second-order valence-electron chi connectivity index (χ2n) is 3.18. The van der Waals surface area contributed by atoms with Gasteiger partial charge in [-0.05, 0) is 13.0 Å². The Hall–Kier alpha value is -2.44. The third-order valence-electron chi connectivity index (χ3n) is 1.76. The van der Waals surface area contributed by atoms with Crippen molar-refractivity contribution in [2.75, 3.05) is 13.2 Å². The highest BCUT2D eigenvalue weighted by Crippen LogP contribution is 2.03. The van der Waals surface area contributed by atoms with Gasteiger partial charge >= 0.3 is 12.0 Å². The molecule has 0 unspecified atom stereocenters. The molecular weight excluding hydrogens is 238 g/mol. The van der Waals surface area contributed by atoms with E-state index in [9.17, 15) is 9.59 Å². The van der Waals surface area contributed by atoms with Gasteiger partial charge in [0, 0.05) is 24.0 Å². The molecule has 7 nitrogen and oxygen atoms in total. The second-order valence-corrected chi connectivity index (χ2v) is 3.18.